The van der Waals surface area contributed by atoms with E-state index in [0.717, 1.165) is 38.5 Å². The maximum absolute atomic E-state index is 12.9. The molecule has 0 aromatic heterocycles. The van der Waals surface area contributed by atoms with Crippen LogP contribution in [0, 0.1) is 34.5 Å². The average Bonchev–Trinajstić information content (AvgIpc) is 3.13. The summed E-state index contributed by atoms with van der Waals surface area (Å²) in [6.45, 7) is 4.70. The van der Waals surface area contributed by atoms with Gasteiger partial charge in [0.25, 0.3) is 0 Å². The predicted molar refractivity (Wildman–Crippen MR) is 130 cm³/mol. The van der Waals surface area contributed by atoms with E-state index in [9.17, 15) is 22.8 Å². The maximum atomic E-state index is 12.9. The van der Waals surface area contributed by atoms with Gasteiger partial charge in [-0.1, -0.05) is 19.9 Å². The number of likely N-dealkylation sites (N-methyl/N-ethyl adjacent to an activating group) is 1. The van der Waals surface area contributed by atoms with Crippen molar-refractivity contribution in [2.75, 3.05) is 12.4 Å². The Morgan fingerprint density at radius 3 is 2.50 bits per heavy atom. The molecule has 8 heteroatoms. The number of rotatable bonds is 4. The predicted octanol–water partition coefficient (Wildman–Crippen LogP) is 6.17. The second-order valence-corrected chi connectivity index (χ2v) is 11.8. The van der Waals surface area contributed by atoms with Crippen LogP contribution in [0.5, 0.6) is 5.75 Å². The van der Waals surface area contributed by atoms with Gasteiger partial charge in [0, 0.05) is 30.6 Å². The summed E-state index contributed by atoms with van der Waals surface area (Å²) in [4.78, 5) is 27.1. The van der Waals surface area contributed by atoms with Gasteiger partial charge in [-0.05, 0) is 98.0 Å². The quantitative estimate of drug-likeness (QED) is 0.534. The van der Waals surface area contributed by atoms with E-state index < -0.39 is 6.36 Å². The Labute approximate surface area is 210 Å². The van der Waals surface area contributed by atoms with E-state index in [2.05, 4.69) is 30.0 Å². The average molecular weight is 505 g/mol. The van der Waals surface area contributed by atoms with Crippen molar-refractivity contribution >= 4 is 17.5 Å². The zero-order valence-electron chi connectivity index (χ0n) is 21.1. The molecule has 0 radical (unpaired) electrons. The van der Waals surface area contributed by atoms with E-state index in [4.69, 9.17) is 0 Å². The van der Waals surface area contributed by atoms with Crippen LogP contribution >= 0.6 is 0 Å². The third-order valence-corrected chi connectivity index (χ3v) is 10.1. The van der Waals surface area contributed by atoms with Gasteiger partial charge in [-0.2, -0.15) is 0 Å². The summed E-state index contributed by atoms with van der Waals surface area (Å²) in [5.74, 6) is 1.70. The summed E-state index contributed by atoms with van der Waals surface area (Å²) in [5, 5.41) is 2.86. The van der Waals surface area contributed by atoms with Gasteiger partial charge in [-0.25, -0.2) is 0 Å². The SMILES string of the molecule is CN1C(=O)C=C[C@]2(C)[C@H]3CC[C@]4(C)[C@@H](CC(=O)Nc5ccc(OC(F)(F)F)cc5)CC[C@H]4[C@@H]3CC[C@@H]12. The number of carbonyl (C=O) groups is 2. The molecule has 1 N–H and O–H groups in total. The molecular weight excluding hydrogens is 469 g/mol. The number of halogens is 3. The molecule has 1 heterocycles. The van der Waals surface area contributed by atoms with Crippen LogP contribution in [0.3, 0.4) is 0 Å². The van der Waals surface area contributed by atoms with Gasteiger partial charge in [-0.3, -0.25) is 9.59 Å². The number of ether oxygens (including phenoxy) is 1. The number of alkyl halides is 3. The lowest BCUT2D eigenvalue weighted by Crippen LogP contribution is -2.59. The first-order chi connectivity index (χ1) is 16.9. The molecule has 4 aliphatic rings. The van der Waals surface area contributed by atoms with E-state index in [1.807, 2.05) is 11.9 Å². The van der Waals surface area contributed by atoms with Crippen molar-refractivity contribution in [1.82, 2.24) is 4.90 Å². The molecule has 2 amide bonds. The van der Waals surface area contributed by atoms with Crippen LogP contribution in [0.4, 0.5) is 18.9 Å². The summed E-state index contributed by atoms with van der Waals surface area (Å²) in [7, 11) is 1.93. The number of amides is 2. The zero-order valence-corrected chi connectivity index (χ0v) is 21.1. The molecule has 0 bridgehead atoms. The van der Waals surface area contributed by atoms with Crippen LogP contribution in [-0.4, -0.2) is 36.2 Å². The standard InChI is InChI=1S/C28H35F3N2O3/c1-26-14-12-22-20(9-11-23-27(22,2)15-13-25(35)33(23)3)21(26)10-4-17(26)16-24(34)32-18-5-7-19(8-6-18)36-28(29,30)31/h5-8,13,15,17,20-23H,4,9-12,14,16H2,1-3H3,(H,32,34)/t17-,20+,21+,22+,23-,26-,27-/m1/s1. The molecule has 5 rings (SSSR count). The Balaban J connectivity index is 1.24. The molecule has 3 saturated carbocycles. The third kappa shape index (κ3) is 4.30. The number of nitrogens with one attached hydrogen (secondary N) is 1. The van der Waals surface area contributed by atoms with Crippen LogP contribution in [0.15, 0.2) is 36.4 Å². The third-order valence-electron chi connectivity index (χ3n) is 10.1. The lowest BCUT2D eigenvalue weighted by molar-refractivity contribution is -0.274. The fraction of sp³-hybridized carbons (Fsp3) is 0.643. The maximum Gasteiger partial charge on any atom is 0.573 e. The minimum Gasteiger partial charge on any atom is -0.406 e. The highest BCUT2D eigenvalue weighted by molar-refractivity contribution is 5.91. The van der Waals surface area contributed by atoms with Crippen LogP contribution in [-0.2, 0) is 9.59 Å². The molecular formula is C28H35F3N2O3. The van der Waals surface area contributed by atoms with Gasteiger partial charge in [0.2, 0.25) is 11.8 Å². The Kier molecular flexibility index (Phi) is 6.15. The molecule has 3 fully saturated rings. The molecule has 0 spiro atoms. The molecule has 0 saturated heterocycles. The monoisotopic (exact) mass is 504 g/mol. The van der Waals surface area contributed by atoms with Crippen molar-refractivity contribution in [2.24, 2.45) is 34.5 Å². The van der Waals surface area contributed by atoms with Crippen molar-refractivity contribution in [1.29, 1.82) is 0 Å². The molecule has 1 aliphatic heterocycles. The topological polar surface area (TPSA) is 58.6 Å². The number of benzene rings is 1. The summed E-state index contributed by atoms with van der Waals surface area (Å²) in [6.07, 6.45) is 6.10. The highest BCUT2D eigenvalue weighted by Crippen LogP contribution is 2.66. The minimum atomic E-state index is -4.74. The highest BCUT2D eigenvalue weighted by Gasteiger charge is 2.60. The van der Waals surface area contributed by atoms with Crippen molar-refractivity contribution < 1.29 is 27.5 Å². The number of fused-ring (bicyclic) bond motifs is 5. The number of carbonyl (C=O) groups excluding carboxylic acids is 2. The molecule has 5 nitrogen and oxygen atoms in total. The van der Waals surface area contributed by atoms with Crippen LogP contribution in [0.2, 0.25) is 0 Å². The van der Waals surface area contributed by atoms with Crippen LogP contribution in [0.1, 0.15) is 58.8 Å². The van der Waals surface area contributed by atoms with Crippen LogP contribution in [0.25, 0.3) is 0 Å². The van der Waals surface area contributed by atoms with Gasteiger partial charge in [0.15, 0.2) is 0 Å². The van der Waals surface area contributed by atoms with Crippen molar-refractivity contribution in [3.8, 4) is 5.75 Å². The van der Waals surface area contributed by atoms with Crippen molar-refractivity contribution in [3.05, 3.63) is 36.4 Å². The number of hydrogen-bond acceptors (Lipinski definition) is 3. The lowest BCUT2D eigenvalue weighted by Gasteiger charge is -2.60. The Hall–Kier alpha value is -2.51. The summed E-state index contributed by atoms with van der Waals surface area (Å²) < 4.78 is 41.0. The fourth-order valence-electron chi connectivity index (χ4n) is 8.36. The molecule has 0 unspecified atom stereocenters. The Morgan fingerprint density at radius 1 is 1.08 bits per heavy atom. The van der Waals surface area contributed by atoms with E-state index in [1.165, 1.54) is 24.3 Å². The first kappa shape index (κ1) is 25.2. The zero-order chi connectivity index (χ0) is 25.9. The second-order valence-electron chi connectivity index (χ2n) is 11.8. The molecule has 3 aliphatic carbocycles. The van der Waals surface area contributed by atoms with Gasteiger partial charge in [0.1, 0.15) is 5.75 Å². The molecule has 7 atom stereocenters. The number of nitrogens with zero attached hydrogens (tertiary/aromatic N) is 1. The van der Waals surface area contributed by atoms with E-state index >= 15 is 0 Å². The van der Waals surface area contributed by atoms with Gasteiger partial charge >= 0.3 is 6.36 Å². The highest BCUT2D eigenvalue weighted by atomic mass is 19.4. The van der Waals surface area contributed by atoms with Crippen molar-refractivity contribution in [2.45, 2.75) is 71.2 Å². The van der Waals surface area contributed by atoms with E-state index in [-0.39, 0.29) is 40.4 Å². The van der Waals surface area contributed by atoms with Gasteiger partial charge < -0.3 is 15.0 Å². The fourth-order valence-corrected chi connectivity index (χ4v) is 8.36. The summed E-state index contributed by atoms with van der Waals surface area (Å²) >= 11 is 0. The normalized spacial score (nSPS) is 37.7. The largest absolute Gasteiger partial charge is 0.573 e. The number of hydrogen-bond donors (Lipinski definition) is 1. The summed E-state index contributed by atoms with van der Waals surface area (Å²) in [5.41, 5.74) is 0.572. The second kappa shape index (κ2) is 8.80. The first-order valence-electron chi connectivity index (χ1n) is 13.0. The minimum absolute atomic E-state index is 0.00433. The molecule has 196 valence electrons. The van der Waals surface area contributed by atoms with Crippen LogP contribution < -0.4 is 10.1 Å². The van der Waals surface area contributed by atoms with E-state index in [0.29, 0.717) is 29.9 Å². The van der Waals surface area contributed by atoms with Gasteiger partial charge in [-0.15, -0.1) is 13.2 Å². The van der Waals surface area contributed by atoms with Crippen molar-refractivity contribution in [3.63, 3.8) is 0 Å². The Morgan fingerprint density at radius 2 is 1.81 bits per heavy atom. The van der Waals surface area contributed by atoms with Gasteiger partial charge in [0.05, 0.1) is 0 Å². The summed E-state index contributed by atoms with van der Waals surface area (Å²) in [6, 6.07) is 5.54. The first-order valence-corrected chi connectivity index (χ1v) is 13.0. The molecule has 36 heavy (non-hydrogen) atoms. The molecule has 1 aromatic rings. The molecule has 1 aromatic carbocycles. The Bertz CT molecular complexity index is 1060. The smallest absolute Gasteiger partial charge is 0.406 e. The lowest BCUT2D eigenvalue weighted by atomic mass is 9.47. The van der Waals surface area contributed by atoms with E-state index in [1.54, 1.807) is 6.08 Å². The number of anilines is 1.